The summed E-state index contributed by atoms with van der Waals surface area (Å²) < 4.78 is 25.1. The van der Waals surface area contributed by atoms with E-state index in [1.807, 2.05) is 18.2 Å². The Morgan fingerprint density at radius 1 is 1.12 bits per heavy atom. The molecular formula is C19H22N2O4S. The van der Waals surface area contributed by atoms with Gasteiger partial charge in [0.25, 0.3) is 15.9 Å². The summed E-state index contributed by atoms with van der Waals surface area (Å²) in [6.07, 6.45) is 2.11. The lowest BCUT2D eigenvalue weighted by molar-refractivity contribution is -0.0258. The fourth-order valence-corrected chi connectivity index (χ4v) is 3.86. The van der Waals surface area contributed by atoms with Gasteiger partial charge in [0.1, 0.15) is 0 Å². The van der Waals surface area contributed by atoms with Crippen molar-refractivity contribution in [3.8, 4) is 0 Å². The van der Waals surface area contributed by atoms with E-state index in [9.17, 15) is 13.2 Å². The molecule has 0 atom stereocenters. The lowest BCUT2D eigenvalue weighted by Crippen LogP contribution is -2.32. The topological polar surface area (TPSA) is 75.7 Å². The summed E-state index contributed by atoms with van der Waals surface area (Å²) in [6, 6.07) is 16.0. The normalized spacial score (nSPS) is 15.7. The van der Waals surface area contributed by atoms with E-state index in [2.05, 4.69) is 17.4 Å². The van der Waals surface area contributed by atoms with E-state index >= 15 is 0 Å². The first-order valence-electron chi connectivity index (χ1n) is 8.36. The molecule has 26 heavy (non-hydrogen) atoms. The average Bonchev–Trinajstić information content (AvgIpc) is 3.47. The van der Waals surface area contributed by atoms with Crippen molar-refractivity contribution in [2.24, 2.45) is 0 Å². The van der Waals surface area contributed by atoms with E-state index in [-0.39, 0.29) is 16.2 Å². The predicted octanol–water partition coefficient (Wildman–Crippen LogP) is 2.33. The first kappa shape index (κ1) is 18.6. The molecule has 0 spiro atoms. The number of carbonyl (C=O) groups is 1. The van der Waals surface area contributed by atoms with Crippen LogP contribution in [-0.4, -0.2) is 39.5 Å². The maximum absolute atomic E-state index is 12.4. The third-order valence-electron chi connectivity index (χ3n) is 4.84. The van der Waals surface area contributed by atoms with E-state index in [1.54, 1.807) is 0 Å². The smallest absolute Gasteiger partial charge is 0.264 e. The maximum Gasteiger partial charge on any atom is 0.264 e. The molecule has 1 fully saturated rings. The van der Waals surface area contributed by atoms with Crippen molar-refractivity contribution < 1.29 is 18.0 Å². The van der Waals surface area contributed by atoms with Crippen molar-refractivity contribution in [2.45, 2.75) is 23.2 Å². The van der Waals surface area contributed by atoms with Gasteiger partial charge in [-0.25, -0.2) is 8.42 Å². The van der Waals surface area contributed by atoms with E-state index in [4.69, 9.17) is 4.84 Å². The zero-order valence-corrected chi connectivity index (χ0v) is 15.6. The molecule has 1 aliphatic carbocycles. The van der Waals surface area contributed by atoms with Crippen LogP contribution in [0, 0.1) is 0 Å². The number of sulfonamides is 1. The van der Waals surface area contributed by atoms with Crippen molar-refractivity contribution >= 4 is 15.9 Å². The zero-order chi connectivity index (χ0) is 18.8. The van der Waals surface area contributed by atoms with Crippen LogP contribution in [0.2, 0.25) is 0 Å². The van der Waals surface area contributed by atoms with Crippen molar-refractivity contribution in [3.05, 3.63) is 65.7 Å². The highest BCUT2D eigenvalue weighted by Crippen LogP contribution is 2.47. The first-order valence-corrected chi connectivity index (χ1v) is 9.80. The summed E-state index contributed by atoms with van der Waals surface area (Å²) in [5, 5.41) is 2.97. The van der Waals surface area contributed by atoms with Gasteiger partial charge in [-0.3, -0.25) is 9.63 Å². The van der Waals surface area contributed by atoms with Gasteiger partial charge >= 0.3 is 0 Å². The molecule has 2 aromatic carbocycles. The van der Waals surface area contributed by atoms with Crippen LogP contribution in [0.15, 0.2) is 59.5 Å². The van der Waals surface area contributed by atoms with E-state index in [0.717, 1.165) is 17.3 Å². The van der Waals surface area contributed by atoms with Crippen LogP contribution < -0.4 is 5.32 Å². The third kappa shape index (κ3) is 3.65. The van der Waals surface area contributed by atoms with E-state index < -0.39 is 10.0 Å². The van der Waals surface area contributed by atoms with Crippen LogP contribution in [0.25, 0.3) is 0 Å². The predicted molar refractivity (Wildman–Crippen MR) is 98.1 cm³/mol. The third-order valence-corrected chi connectivity index (χ3v) is 6.53. The monoisotopic (exact) mass is 374 g/mol. The Labute approximate surface area is 153 Å². The average molecular weight is 374 g/mol. The van der Waals surface area contributed by atoms with Crippen LogP contribution in [0.4, 0.5) is 0 Å². The first-order chi connectivity index (χ1) is 12.4. The highest BCUT2D eigenvalue weighted by atomic mass is 32.2. The summed E-state index contributed by atoms with van der Waals surface area (Å²) in [6.45, 7) is 0.572. The number of hydrogen-bond donors (Lipinski definition) is 1. The number of benzene rings is 2. The second kappa shape index (κ2) is 7.19. The van der Waals surface area contributed by atoms with Crippen LogP contribution in [0.3, 0.4) is 0 Å². The number of hydrogen-bond acceptors (Lipinski definition) is 4. The van der Waals surface area contributed by atoms with Gasteiger partial charge in [0.2, 0.25) is 0 Å². The molecule has 1 amide bonds. The Bertz CT molecular complexity index is 876. The molecule has 1 saturated carbocycles. The summed E-state index contributed by atoms with van der Waals surface area (Å²) in [4.78, 5) is 17.2. The van der Waals surface area contributed by atoms with Gasteiger partial charge < -0.3 is 5.32 Å². The standard InChI is InChI=1S/C19H22N2O4S/c1-21(25-2)26(23,24)17-10-8-15(9-11-17)18(22)20-14-19(12-13-19)16-6-4-3-5-7-16/h3-11H,12-14H2,1-2H3,(H,20,22). The molecule has 0 aliphatic heterocycles. The Morgan fingerprint density at radius 2 is 1.73 bits per heavy atom. The van der Waals surface area contributed by atoms with E-state index in [0.29, 0.717) is 12.1 Å². The molecule has 6 nitrogen and oxygen atoms in total. The molecule has 0 aromatic heterocycles. The van der Waals surface area contributed by atoms with E-state index in [1.165, 1.54) is 44.0 Å². The highest BCUT2D eigenvalue weighted by molar-refractivity contribution is 7.89. The Morgan fingerprint density at radius 3 is 2.27 bits per heavy atom. The Hall–Kier alpha value is -2.22. The second-order valence-electron chi connectivity index (χ2n) is 6.45. The number of hydroxylamine groups is 1. The van der Waals surface area contributed by atoms with Crippen LogP contribution in [0.1, 0.15) is 28.8 Å². The summed E-state index contributed by atoms with van der Waals surface area (Å²) in [7, 11) is -1.12. The van der Waals surface area contributed by atoms with Crippen molar-refractivity contribution in [1.29, 1.82) is 0 Å². The Balaban J connectivity index is 1.66. The molecule has 0 radical (unpaired) electrons. The molecule has 0 saturated heterocycles. The minimum atomic E-state index is -3.71. The number of carbonyl (C=O) groups excluding carboxylic acids is 1. The van der Waals surface area contributed by atoms with Crippen molar-refractivity contribution in [1.82, 2.24) is 9.79 Å². The fraction of sp³-hybridized carbons (Fsp3) is 0.316. The Kier molecular flexibility index (Phi) is 5.13. The highest BCUT2D eigenvalue weighted by Gasteiger charge is 2.44. The van der Waals surface area contributed by atoms with Crippen molar-refractivity contribution in [2.75, 3.05) is 20.7 Å². The van der Waals surface area contributed by atoms with Crippen LogP contribution in [-0.2, 0) is 20.3 Å². The van der Waals surface area contributed by atoms with Gasteiger partial charge in [0.15, 0.2) is 0 Å². The fourth-order valence-electron chi connectivity index (χ4n) is 2.89. The largest absolute Gasteiger partial charge is 0.351 e. The van der Waals surface area contributed by atoms with Gasteiger partial charge in [-0.1, -0.05) is 34.8 Å². The van der Waals surface area contributed by atoms with Gasteiger partial charge in [-0.05, 0) is 42.7 Å². The molecule has 1 aliphatic rings. The lowest BCUT2D eigenvalue weighted by atomic mass is 9.96. The van der Waals surface area contributed by atoms with Gasteiger partial charge in [-0.2, -0.15) is 0 Å². The summed E-state index contributed by atoms with van der Waals surface area (Å²) in [5.74, 6) is -0.212. The second-order valence-corrected chi connectivity index (χ2v) is 8.39. The van der Waals surface area contributed by atoms with Crippen LogP contribution >= 0.6 is 0 Å². The van der Waals surface area contributed by atoms with Crippen molar-refractivity contribution in [3.63, 3.8) is 0 Å². The van der Waals surface area contributed by atoms with Crippen LogP contribution in [0.5, 0.6) is 0 Å². The number of rotatable bonds is 7. The quantitative estimate of drug-likeness (QED) is 0.755. The molecular weight excluding hydrogens is 352 g/mol. The minimum absolute atomic E-state index is 0.0291. The molecule has 2 aromatic rings. The molecule has 3 rings (SSSR count). The molecule has 0 unspecified atom stereocenters. The summed E-state index contributed by atoms with van der Waals surface area (Å²) in [5.41, 5.74) is 1.69. The lowest BCUT2D eigenvalue weighted by Gasteiger charge is -2.17. The number of nitrogens with zero attached hydrogens (tertiary/aromatic N) is 1. The van der Waals surface area contributed by atoms with Gasteiger partial charge in [0.05, 0.1) is 12.0 Å². The maximum atomic E-state index is 12.4. The minimum Gasteiger partial charge on any atom is -0.351 e. The number of amides is 1. The van der Waals surface area contributed by atoms with Gasteiger partial charge in [-0.15, -0.1) is 0 Å². The molecule has 7 heteroatoms. The molecule has 1 N–H and O–H groups in total. The molecule has 0 bridgehead atoms. The van der Waals surface area contributed by atoms with Gasteiger partial charge in [0, 0.05) is 24.6 Å². The zero-order valence-electron chi connectivity index (χ0n) is 14.8. The summed E-state index contributed by atoms with van der Waals surface area (Å²) >= 11 is 0. The molecule has 138 valence electrons. The molecule has 0 heterocycles. The SMILES string of the molecule is CON(C)S(=O)(=O)c1ccc(C(=O)NCC2(c3ccccc3)CC2)cc1. The number of nitrogens with one attached hydrogen (secondary N) is 1.